The molecule has 8 heteroatoms. The molecule has 1 N–H and O–H groups in total. The summed E-state index contributed by atoms with van der Waals surface area (Å²) in [7, 11) is 0. The number of rotatable bonds is 4. The molecule has 0 saturated carbocycles. The Morgan fingerprint density at radius 3 is 2.52 bits per heavy atom. The number of carbonyl (C=O) groups excluding carboxylic acids is 3. The van der Waals surface area contributed by atoms with Crippen LogP contribution >= 0.6 is 0 Å². The topological polar surface area (TPSA) is 97.2 Å². The Hall–Kier alpha value is -3.03. The molecular formula is C15H15N5O3. The van der Waals surface area contributed by atoms with Crippen molar-refractivity contribution >= 4 is 23.4 Å². The van der Waals surface area contributed by atoms with Crippen molar-refractivity contribution in [3.05, 3.63) is 36.5 Å². The lowest BCUT2D eigenvalue weighted by molar-refractivity contribution is -0.141. The van der Waals surface area contributed by atoms with Gasteiger partial charge < -0.3 is 5.32 Å². The van der Waals surface area contributed by atoms with Gasteiger partial charge in [0.25, 0.3) is 0 Å². The van der Waals surface area contributed by atoms with Gasteiger partial charge in [0.1, 0.15) is 18.2 Å². The van der Waals surface area contributed by atoms with Gasteiger partial charge in [-0.05, 0) is 19.1 Å². The number of carbonyl (C=O) groups is 3. The van der Waals surface area contributed by atoms with E-state index in [0.29, 0.717) is 11.5 Å². The van der Waals surface area contributed by atoms with Gasteiger partial charge in [-0.25, -0.2) is 9.97 Å². The number of anilines is 1. The fourth-order valence-corrected chi connectivity index (χ4v) is 2.37. The quantitative estimate of drug-likeness (QED) is 0.836. The lowest BCUT2D eigenvalue weighted by Gasteiger charge is -2.13. The minimum atomic E-state index is -0.429. The van der Waals surface area contributed by atoms with Crippen molar-refractivity contribution in [3.8, 4) is 5.82 Å². The lowest BCUT2D eigenvalue weighted by atomic mass is 10.3. The van der Waals surface area contributed by atoms with Crippen molar-refractivity contribution < 1.29 is 14.4 Å². The summed E-state index contributed by atoms with van der Waals surface area (Å²) in [4.78, 5) is 44.3. The lowest BCUT2D eigenvalue weighted by Crippen LogP contribution is -2.36. The van der Waals surface area contributed by atoms with Gasteiger partial charge >= 0.3 is 0 Å². The van der Waals surface area contributed by atoms with Gasteiger partial charge in [0, 0.05) is 25.2 Å². The van der Waals surface area contributed by atoms with E-state index in [1.54, 1.807) is 24.5 Å². The van der Waals surface area contributed by atoms with E-state index in [2.05, 4.69) is 15.3 Å². The molecule has 0 unspecified atom stereocenters. The van der Waals surface area contributed by atoms with Crippen molar-refractivity contribution in [1.29, 1.82) is 0 Å². The van der Waals surface area contributed by atoms with Gasteiger partial charge in [-0.2, -0.15) is 0 Å². The predicted molar refractivity (Wildman–Crippen MR) is 80.7 cm³/mol. The van der Waals surface area contributed by atoms with Gasteiger partial charge in [0.15, 0.2) is 0 Å². The fourth-order valence-electron chi connectivity index (χ4n) is 2.37. The minimum absolute atomic E-state index is 0.173. The molecule has 0 aromatic carbocycles. The highest BCUT2D eigenvalue weighted by atomic mass is 16.2. The molecule has 2 aromatic heterocycles. The number of nitrogens with one attached hydrogen (secondary N) is 1. The number of amides is 3. The van der Waals surface area contributed by atoms with Gasteiger partial charge in [-0.1, -0.05) is 0 Å². The van der Waals surface area contributed by atoms with E-state index in [9.17, 15) is 14.4 Å². The van der Waals surface area contributed by atoms with Crippen LogP contribution < -0.4 is 5.32 Å². The highest BCUT2D eigenvalue weighted by molar-refractivity contribution is 6.06. The maximum Gasteiger partial charge on any atom is 0.244 e. The van der Waals surface area contributed by atoms with Crippen LogP contribution in [0.2, 0.25) is 0 Å². The van der Waals surface area contributed by atoms with Crippen LogP contribution in [0.25, 0.3) is 5.82 Å². The third kappa shape index (κ3) is 3.10. The number of nitrogens with zero attached hydrogens (tertiary/aromatic N) is 4. The number of hydrogen-bond donors (Lipinski definition) is 1. The van der Waals surface area contributed by atoms with E-state index < -0.39 is 5.91 Å². The van der Waals surface area contributed by atoms with Gasteiger partial charge in [-0.3, -0.25) is 23.9 Å². The minimum Gasteiger partial charge on any atom is -0.323 e. The molecule has 1 fully saturated rings. The SMILES string of the molecule is Cc1nccn1-c1ccc(NC(=O)CN2C(=O)CCC2=O)cn1. The summed E-state index contributed by atoms with van der Waals surface area (Å²) in [6.07, 6.45) is 5.33. The van der Waals surface area contributed by atoms with Crippen molar-refractivity contribution in [2.45, 2.75) is 19.8 Å². The van der Waals surface area contributed by atoms with E-state index in [1.807, 2.05) is 11.5 Å². The van der Waals surface area contributed by atoms with Crippen LogP contribution in [0.3, 0.4) is 0 Å². The van der Waals surface area contributed by atoms with E-state index in [4.69, 9.17) is 0 Å². The summed E-state index contributed by atoms with van der Waals surface area (Å²) in [5, 5.41) is 2.62. The number of imidazole rings is 1. The number of pyridine rings is 1. The van der Waals surface area contributed by atoms with Crippen LogP contribution in [0.5, 0.6) is 0 Å². The Bertz CT molecular complexity index is 750. The molecule has 3 rings (SSSR count). The van der Waals surface area contributed by atoms with Gasteiger partial charge in [-0.15, -0.1) is 0 Å². The maximum atomic E-state index is 11.9. The second kappa shape index (κ2) is 5.99. The Morgan fingerprint density at radius 1 is 1.22 bits per heavy atom. The van der Waals surface area contributed by atoms with E-state index in [0.717, 1.165) is 10.7 Å². The Morgan fingerprint density at radius 2 is 1.96 bits per heavy atom. The second-order valence-electron chi connectivity index (χ2n) is 5.17. The molecule has 1 saturated heterocycles. The third-order valence-electron chi connectivity index (χ3n) is 3.56. The number of aryl methyl sites for hydroxylation is 1. The summed E-state index contributed by atoms with van der Waals surface area (Å²) in [5.41, 5.74) is 0.496. The Labute approximate surface area is 132 Å². The number of imide groups is 1. The monoisotopic (exact) mass is 313 g/mol. The molecule has 0 spiro atoms. The van der Waals surface area contributed by atoms with Crippen LogP contribution in [0.4, 0.5) is 5.69 Å². The standard InChI is InChI=1S/C15H15N5O3/c1-10-16-6-7-19(10)12-3-2-11(8-17-12)18-13(21)9-20-14(22)4-5-15(20)23/h2-3,6-8H,4-5,9H2,1H3,(H,18,21). The summed E-state index contributed by atoms with van der Waals surface area (Å²) < 4.78 is 1.81. The van der Waals surface area contributed by atoms with Crippen LogP contribution in [0, 0.1) is 6.92 Å². The third-order valence-corrected chi connectivity index (χ3v) is 3.56. The molecule has 0 aliphatic carbocycles. The molecule has 118 valence electrons. The van der Waals surface area contributed by atoms with Crippen molar-refractivity contribution in [2.24, 2.45) is 0 Å². The van der Waals surface area contributed by atoms with Gasteiger partial charge in [0.05, 0.1) is 11.9 Å². The molecule has 3 heterocycles. The largest absolute Gasteiger partial charge is 0.323 e. The van der Waals surface area contributed by atoms with E-state index in [-0.39, 0.29) is 31.2 Å². The number of likely N-dealkylation sites (tertiary alicyclic amines) is 1. The second-order valence-corrected chi connectivity index (χ2v) is 5.17. The highest BCUT2D eigenvalue weighted by Crippen LogP contribution is 2.13. The summed E-state index contributed by atoms with van der Waals surface area (Å²) in [6.45, 7) is 1.60. The Balaban J connectivity index is 1.64. The number of aromatic nitrogens is 3. The first-order valence-corrected chi connectivity index (χ1v) is 7.14. The molecule has 8 nitrogen and oxygen atoms in total. The molecular weight excluding hydrogens is 298 g/mol. The average Bonchev–Trinajstić information content (AvgIpc) is 3.09. The molecule has 2 aromatic rings. The first-order chi connectivity index (χ1) is 11.0. The van der Waals surface area contributed by atoms with Crippen molar-refractivity contribution in [1.82, 2.24) is 19.4 Å². The Kier molecular flexibility index (Phi) is 3.88. The normalized spacial score (nSPS) is 14.4. The maximum absolute atomic E-state index is 11.9. The zero-order valence-corrected chi connectivity index (χ0v) is 12.5. The van der Waals surface area contributed by atoms with Crippen LogP contribution in [-0.4, -0.2) is 43.7 Å². The highest BCUT2D eigenvalue weighted by Gasteiger charge is 2.30. The molecule has 3 amide bonds. The molecule has 0 radical (unpaired) electrons. The number of hydrogen-bond acceptors (Lipinski definition) is 5. The fraction of sp³-hybridized carbons (Fsp3) is 0.267. The van der Waals surface area contributed by atoms with Crippen molar-refractivity contribution in [3.63, 3.8) is 0 Å². The van der Waals surface area contributed by atoms with Gasteiger partial charge in [0.2, 0.25) is 17.7 Å². The molecule has 1 aliphatic rings. The first kappa shape index (κ1) is 14.9. The molecule has 0 bridgehead atoms. The smallest absolute Gasteiger partial charge is 0.244 e. The average molecular weight is 313 g/mol. The molecule has 1 aliphatic heterocycles. The predicted octanol–water partition coefficient (Wildman–Crippen LogP) is 0.663. The van der Waals surface area contributed by atoms with E-state index >= 15 is 0 Å². The first-order valence-electron chi connectivity index (χ1n) is 7.14. The molecule has 23 heavy (non-hydrogen) atoms. The van der Waals surface area contributed by atoms with Crippen molar-refractivity contribution in [2.75, 3.05) is 11.9 Å². The zero-order valence-electron chi connectivity index (χ0n) is 12.5. The van der Waals surface area contributed by atoms with E-state index in [1.165, 1.54) is 6.20 Å². The zero-order chi connectivity index (χ0) is 16.4. The van der Waals surface area contributed by atoms with Crippen LogP contribution in [0.15, 0.2) is 30.7 Å². The van der Waals surface area contributed by atoms with Crippen LogP contribution in [-0.2, 0) is 14.4 Å². The van der Waals surface area contributed by atoms with Crippen LogP contribution in [0.1, 0.15) is 18.7 Å². The summed E-state index contributed by atoms with van der Waals surface area (Å²) in [5.74, 6) is 0.439. The summed E-state index contributed by atoms with van der Waals surface area (Å²) >= 11 is 0. The molecule has 0 atom stereocenters. The summed E-state index contributed by atoms with van der Waals surface area (Å²) in [6, 6.07) is 3.45.